The predicted octanol–water partition coefficient (Wildman–Crippen LogP) is 5.30. The normalized spacial score (nSPS) is 15.5. The number of hydrogen-bond donors (Lipinski definition) is 1. The fourth-order valence-corrected chi connectivity index (χ4v) is 4.23. The van der Waals surface area contributed by atoms with E-state index in [1.54, 1.807) is 18.2 Å². The number of carbonyl (C=O) groups is 1. The van der Waals surface area contributed by atoms with Gasteiger partial charge in [-0.3, -0.25) is 9.69 Å². The molecule has 0 unspecified atom stereocenters. The van der Waals surface area contributed by atoms with E-state index in [1.165, 1.54) is 23.8 Å². The van der Waals surface area contributed by atoms with Crippen LogP contribution in [0.2, 0.25) is 0 Å². The number of nitrogens with zero attached hydrogens (tertiary/aromatic N) is 1. The number of ether oxygens (including phenoxy) is 1. The minimum absolute atomic E-state index is 0.0805. The largest absolute Gasteiger partial charge is 0.504 e. The smallest absolute Gasteiger partial charge is 0.270 e. The molecule has 7 heteroatoms. The minimum Gasteiger partial charge on any atom is -0.504 e. The van der Waals surface area contributed by atoms with Gasteiger partial charge in [-0.05, 0) is 54.5 Å². The maximum atomic E-state index is 12.9. The lowest BCUT2D eigenvalue weighted by Crippen LogP contribution is -2.27. The zero-order valence-electron chi connectivity index (χ0n) is 14.4. The van der Waals surface area contributed by atoms with Gasteiger partial charge in [0.2, 0.25) is 0 Å². The van der Waals surface area contributed by atoms with E-state index in [4.69, 9.17) is 17.0 Å². The number of anilines is 1. The molecule has 1 heterocycles. The van der Waals surface area contributed by atoms with Gasteiger partial charge in [-0.15, -0.1) is 6.58 Å². The summed E-state index contributed by atoms with van der Waals surface area (Å²) < 4.78 is 6.65. The first-order valence-electron chi connectivity index (χ1n) is 7.99. The number of phenols is 1. The highest BCUT2D eigenvalue weighted by Gasteiger charge is 2.33. The fraction of sp³-hybridized carbons (Fsp3) is 0.100. The van der Waals surface area contributed by atoms with Crippen LogP contribution in [0.4, 0.5) is 5.69 Å². The van der Waals surface area contributed by atoms with Crippen molar-refractivity contribution in [2.24, 2.45) is 0 Å². The van der Waals surface area contributed by atoms with Crippen LogP contribution in [-0.4, -0.2) is 22.4 Å². The number of methoxy groups -OCH3 is 1. The molecule has 0 saturated carbocycles. The Hall–Kier alpha value is -2.09. The predicted molar refractivity (Wildman–Crippen MR) is 118 cm³/mol. The molecule has 2 aromatic rings. The van der Waals surface area contributed by atoms with Crippen molar-refractivity contribution < 1.29 is 14.6 Å². The summed E-state index contributed by atoms with van der Waals surface area (Å²) >= 11 is 10.0. The van der Waals surface area contributed by atoms with Crippen LogP contribution in [0.15, 0.2) is 58.4 Å². The number of carbonyl (C=O) groups excluding carboxylic acids is 1. The molecule has 0 aliphatic carbocycles. The molecule has 1 aliphatic rings. The van der Waals surface area contributed by atoms with E-state index in [2.05, 4.69) is 22.5 Å². The van der Waals surface area contributed by atoms with Crippen molar-refractivity contribution in [2.45, 2.75) is 6.42 Å². The van der Waals surface area contributed by atoms with Crippen LogP contribution in [0.1, 0.15) is 11.1 Å². The molecule has 0 atom stereocenters. The molecule has 1 amide bonds. The molecular weight excluding hydrogens is 446 g/mol. The van der Waals surface area contributed by atoms with Crippen molar-refractivity contribution in [1.82, 2.24) is 0 Å². The highest BCUT2D eigenvalue weighted by Crippen LogP contribution is 2.38. The van der Waals surface area contributed by atoms with Gasteiger partial charge in [0.25, 0.3) is 5.91 Å². The van der Waals surface area contributed by atoms with Crippen molar-refractivity contribution >= 4 is 61.9 Å². The van der Waals surface area contributed by atoms with Gasteiger partial charge < -0.3 is 9.84 Å². The van der Waals surface area contributed by atoms with Crippen LogP contribution in [0, 0.1) is 0 Å². The number of benzene rings is 2. The van der Waals surface area contributed by atoms with Crippen LogP contribution < -0.4 is 9.64 Å². The molecule has 27 heavy (non-hydrogen) atoms. The first kappa shape index (κ1) is 19.7. The highest BCUT2D eigenvalue weighted by atomic mass is 79.9. The number of allylic oxidation sites excluding steroid dienone is 1. The van der Waals surface area contributed by atoms with E-state index >= 15 is 0 Å². The number of thiocarbonyl (C=S) groups is 1. The lowest BCUT2D eigenvalue weighted by molar-refractivity contribution is -0.113. The van der Waals surface area contributed by atoms with E-state index in [0.29, 0.717) is 27.0 Å². The van der Waals surface area contributed by atoms with E-state index < -0.39 is 0 Å². The lowest BCUT2D eigenvalue weighted by Gasteiger charge is -2.14. The SMILES string of the molecule is C=CCc1cc(/C=C2/SC(=S)N(c3ccc(Br)cc3)C2=O)cc(OC)c1O. The van der Waals surface area contributed by atoms with E-state index in [0.717, 1.165) is 15.7 Å². The quantitative estimate of drug-likeness (QED) is 0.372. The number of hydrogen-bond acceptors (Lipinski definition) is 5. The Labute approximate surface area is 175 Å². The second kappa shape index (κ2) is 8.29. The Morgan fingerprint density at radius 3 is 2.67 bits per heavy atom. The van der Waals surface area contributed by atoms with Crippen LogP contribution in [0.3, 0.4) is 0 Å². The topological polar surface area (TPSA) is 49.8 Å². The monoisotopic (exact) mass is 461 g/mol. The molecule has 4 nitrogen and oxygen atoms in total. The summed E-state index contributed by atoms with van der Waals surface area (Å²) in [5, 5.41) is 10.2. The summed E-state index contributed by atoms with van der Waals surface area (Å²) in [6.07, 6.45) is 3.95. The van der Waals surface area contributed by atoms with Crippen molar-refractivity contribution in [2.75, 3.05) is 12.0 Å². The Morgan fingerprint density at radius 2 is 2.04 bits per heavy atom. The molecule has 1 saturated heterocycles. The number of rotatable bonds is 5. The second-order valence-corrected chi connectivity index (χ2v) is 8.31. The Kier molecular flexibility index (Phi) is 6.04. The van der Waals surface area contributed by atoms with Crippen molar-refractivity contribution in [3.63, 3.8) is 0 Å². The zero-order valence-corrected chi connectivity index (χ0v) is 17.7. The fourth-order valence-electron chi connectivity index (χ4n) is 2.67. The maximum absolute atomic E-state index is 12.9. The third-order valence-corrected chi connectivity index (χ3v) is 5.77. The standard InChI is InChI=1S/C20H16BrNO3S2/c1-3-4-13-9-12(10-16(25-2)18(13)23)11-17-19(24)22(20(26)27-17)15-7-5-14(21)6-8-15/h3,5-11,23H,1,4H2,2H3/b17-11+. The Bertz CT molecular complexity index is 954. The Balaban J connectivity index is 1.97. The Morgan fingerprint density at radius 1 is 1.33 bits per heavy atom. The molecule has 1 N–H and O–H groups in total. The third-order valence-electron chi connectivity index (χ3n) is 3.94. The third kappa shape index (κ3) is 4.10. The first-order valence-corrected chi connectivity index (χ1v) is 10.0. The van der Waals surface area contributed by atoms with Crippen LogP contribution in [0.25, 0.3) is 6.08 Å². The van der Waals surface area contributed by atoms with Gasteiger partial charge in [0.1, 0.15) is 0 Å². The lowest BCUT2D eigenvalue weighted by atomic mass is 10.1. The summed E-state index contributed by atoms with van der Waals surface area (Å²) in [5.74, 6) is 0.255. The molecule has 2 aromatic carbocycles. The minimum atomic E-state index is -0.176. The van der Waals surface area contributed by atoms with Gasteiger partial charge in [0.15, 0.2) is 15.8 Å². The van der Waals surface area contributed by atoms with Crippen molar-refractivity contribution in [3.05, 3.63) is 69.6 Å². The maximum Gasteiger partial charge on any atom is 0.270 e. The van der Waals surface area contributed by atoms with Gasteiger partial charge in [-0.2, -0.15) is 0 Å². The summed E-state index contributed by atoms with van der Waals surface area (Å²) in [6.45, 7) is 3.70. The van der Waals surface area contributed by atoms with Crippen LogP contribution in [0.5, 0.6) is 11.5 Å². The molecule has 0 spiro atoms. The number of thioether (sulfide) groups is 1. The summed E-state index contributed by atoms with van der Waals surface area (Å²) in [7, 11) is 1.49. The molecule has 0 aromatic heterocycles. The zero-order chi connectivity index (χ0) is 19.6. The number of halogens is 1. The second-order valence-electron chi connectivity index (χ2n) is 5.72. The van der Waals surface area contributed by atoms with Gasteiger partial charge in [-0.25, -0.2) is 0 Å². The summed E-state index contributed by atoms with van der Waals surface area (Å²) in [4.78, 5) is 14.9. The molecule has 0 radical (unpaired) electrons. The van der Waals surface area contributed by atoms with Gasteiger partial charge in [0, 0.05) is 10.0 Å². The summed E-state index contributed by atoms with van der Waals surface area (Å²) in [5.41, 5.74) is 2.15. The van der Waals surface area contributed by atoms with E-state index in [9.17, 15) is 9.90 Å². The molecule has 1 fully saturated rings. The van der Waals surface area contributed by atoms with Gasteiger partial charge in [-0.1, -0.05) is 46.0 Å². The highest BCUT2D eigenvalue weighted by molar-refractivity contribution is 9.10. The number of phenolic OH excluding ortho intramolecular Hbond substituents is 1. The average molecular weight is 462 g/mol. The van der Waals surface area contributed by atoms with Crippen molar-refractivity contribution in [3.8, 4) is 11.5 Å². The number of amides is 1. The molecule has 0 bridgehead atoms. The molecular formula is C20H16BrNO3S2. The van der Waals surface area contributed by atoms with Crippen LogP contribution in [-0.2, 0) is 11.2 Å². The van der Waals surface area contributed by atoms with Gasteiger partial charge >= 0.3 is 0 Å². The molecule has 3 rings (SSSR count). The van der Waals surface area contributed by atoms with Gasteiger partial charge in [0.05, 0.1) is 17.7 Å². The van der Waals surface area contributed by atoms with Crippen LogP contribution >= 0.6 is 39.9 Å². The molecule has 138 valence electrons. The number of aromatic hydroxyl groups is 1. The first-order chi connectivity index (χ1) is 12.9. The summed E-state index contributed by atoms with van der Waals surface area (Å²) in [6, 6.07) is 10.9. The van der Waals surface area contributed by atoms with E-state index in [-0.39, 0.29) is 11.7 Å². The average Bonchev–Trinajstić information content (AvgIpc) is 2.92. The van der Waals surface area contributed by atoms with E-state index in [1.807, 2.05) is 30.3 Å². The van der Waals surface area contributed by atoms with Crippen molar-refractivity contribution in [1.29, 1.82) is 0 Å². The molecule has 1 aliphatic heterocycles.